The van der Waals surface area contributed by atoms with E-state index in [1.54, 1.807) is 6.07 Å². The Morgan fingerprint density at radius 3 is 2.61 bits per heavy atom. The summed E-state index contributed by atoms with van der Waals surface area (Å²) in [5.74, 6) is -2.12. The second-order valence-electron chi connectivity index (χ2n) is 4.06. The van der Waals surface area contributed by atoms with Gasteiger partial charge in [-0.1, -0.05) is 12.1 Å². The minimum Gasteiger partial charge on any atom is -0.318 e. The number of hydrogen-bond donors (Lipinski definition) is 1. The average molecular weight is 257 g/mol. The number of nitrogens with one attached hydrogen (secondary N) is 1. The largest absolute Gasteiger partial charge is 0.471 e. The highest BCUT2D eigenvalue weighted by Gasteiger charge is 2.39. The number of hydrogen-bond acceptors (Lipinski definition) is 2. The highest BCUT2D eigenvalue weighted by atomic mass is 19.4. The lowest BCUT2D eigenvalue weighted by Gasteiger charge is -2.19. The minimum absolute atomic E-state index is 0.0721. The molecule has 2 rings (SSSR count). The number of fused-ring (bicyclic) bond motifs is 1. The van der Waals surface area contributed by atoms with Crippen LogP contribution < -0.4 is 5.32 Å². The van der Waals surface area contributed by atoms with E-state index in [-0.39, 0.29) is 11.5 Å². The van der Waals surface area contributed by atoms with Crippen LogP contribution in [0.5, 0.6) is 0 Å². The zero-order chi connectivity index (χ0) is 13.3. The van der Waals surface area contributed by atoms with Crippen LogP contribution in [0, 0.1) is 0 Å². The molecule has 18 heavy (non-hydrogen) atoms. The van der Waals surface area contributed by atoms with Gasteiger partial charge >= 0.3 is 12.1 Å². The number of anilines is 1. The molecule has 0 radical (unpaired) electrons. The maximum absolute atomic E-state index is 12.2. The molecule has 0 unspecified atom stereocenters. The van der Waals surface area contributed by atoms with E-state index in [1.807, 2.05) is 5.32 Å². The van der Waals surface area contributed by atoms with Crippen LogP contribution in [0.3, 0.4) is 0 Å². The predicted octanol–water partition coefficient (Wildman–Crippen LogP) is 2.71. The molecule has 0 saturated carbocycles. The molecule has 6 heteroatoms. The van der Waals surface area contributed by atoms with Crippen molar-refractivity contribution in [3.05, 3.63) is 29.3 Å². The van der Waals surface area contributed by atoms with Gasteiger partial charge in [0.15, 0.2) is 5.78 Å². The van der Waals surface area contributed by atoms with Gasteiger partial charge in [0.2, 0.25) is 0 Å². The highest BCUT2D eigenvalue weighted by Crippen LogP contribution is 2.29. The predicted molar refractivity (Wildman–Crippen MR) is 58.4 cm³/mol. The van der Waals surface area contributed by atoms with E-state index in [4.69, 9.17) is 0 Å². The fourth-order valence-electron chi connectivity index (χ4n) is 1.99. The molecule has 1 amide bonds. The smallest absolute Gasteiger partial charge is 0.318 e. The number of benzene rings is 1. The monoisotopic (exact) mass is 257 g/mol. The van der Waals surface area contributed by atoms with Crippen molar-refractivity contribution in [2.24, 2.45) is 0 Å². The molecule has 96 valence electrons. The van der Waals surface area contributed by atoms with Crippen LogP contribution in [-0.4, -0.2) is 17.9 Å². The summed E-state index contributed by atoms with van der Waals surface area (Å²) in [7, 11) is 0. The molecule has 0 saturated heterocycles. The first-order chi connectivity index (χ1) is 8.39. The third-order valence-electron chi connectivity index (χ3n) is 2.81. The van der Waals surface area contributed by atoms with Crippen LogP contribution in [0.4, 0.5) is 18.9 Å². The lowest BCUT2D eigenvalue weighted by Crippen LogP contribution is -2.30. The third kappa shape index (κ3) is 2.37. The first-order valence-electron chi connectivity index (χ1n) is 5.43. The van der Waals surface area contributed by atoms with Crippen LogP contribution in [0.2, 0.25) is 0 Å². The summed E-state index contributed by atoms with van der Waals surface area (Å²) >= 11 is 0. The molecule has 3 nitrogen and oxygen atoms in total. The zero-order valence-corrected chi connectivity index (χ0v) is 9.30. The van der Waals surface area contributed by atoms with Gasteiger partial charge in [-0.3, -0.25) is 9.59 Å². The van der Waals surface area contributed by atoms with Crippen LogP contribution in [0.1, 0.15) is 28.8 Å². The van der Waals surface area contributed by atoms with Gasteiger partial charge in [-0.15, -0.1) is 0 Å². The number of alkyl halides is 3. The molecular formula is C12H10F3NO2. The quantitative estimate of drug-likeness (QED) is 0.840. The maximum atomic E-state index is 12.2. The summed E-state index contributed by atoms with van der Waals surface area (Å²) in [4.78, 5) is 22.5. The molecule has 1 aromatic carbocycles. The molecule has 0 spiro atoms. The standard InChI is InChI=1S/C12H10F3NO2/c13-12(14,15)11(18)16-9-5-1-4-8-7(9)3-2-6-10(8)17/h1,4-5H,2-3,6H2,(H,16,18). The summed E-state index contributed by atoms with van der Waals surface area (Å²) in [5, 5.41) is 1.81. The molecule has 0 aliphatic heterocycles. The number of amides is 1. The van der Waals surface area contributed by atoms with Gasteiger partial charge in [0, 0.05) is 17.7 Å². The van der Waals surface area contributed by atoms with Gasteiger partial charge in [0.05, 0.1) is 0 Å². The Hall–Kier alpha value is -1.85. The molecule has 1 N–H and O–H groups in total. The zero-order valence-electron chi connectivity index (χ0n) is 9.30. The molecule has 0 atom stereocenters. The van der Waals surface area contributed by atoms with Crippen LogP contribution in [0.25, 0.3) is 0 Å². The molecular weight excluding hydrogens is 247 g/mol. The summed E-state index contributed by atoms with van der Waals surface area (Å²) < 4.78 is 36.5. The van der Waals surface area contributed by atoms with Crippen LogP contribution >= 0.6 is 0 Å². The van der Waals surface area contributed by atoms with Gasteiger partial charge in [0.1, 0.15) is 0 Å². The van der Waals surface area contributed by atoms with Crippen LogP contribution in [0.15, 0.2) is 18.2 Å². The normalized spacial score (nSPS) is 15.2. The molecule has 0 fully saturated rings. The Morgan fingerprint density at radius 2 is 1.94 bits per heavy atom. The van der Waals surface area contributed by atoms with Crippen LogP contribution in [-0.2, 0) is 11.2 Å². The van der Waals surface area contributed by atoms with Gasteiger partial charge in [0.25, 0.3) is 0 Å². The van der Waals surface area contributed by atoms with Gasteiger partial charge in [-0.25, -0.2) is 0 Å². The number of halogens is 3. The van der Waals surface area contributed by atoms with Gasteiger partial charge in [-0.05, 0) is 24.5 Å². The van der Waals surface area contributed by atoms with Crippen molar-refractivity contribution in [1.82, 2.24) is 0 Å². The first-order valence-corrected chi connectivity index (χ1v) is 5.43. The Kier molecular flexibility index (Phi) is 3.11. The fourth-order valence-corrected chi connectivity index (χ4v) is 1.99. The first kappa shape index (κ1) is 12.6. The van der Waals surface area contributed by atoms with E-state index in [2.05, 4.69) is 0 Å². The van der Waals surface area contributed by atoms with Crippen molar-refractivity contribution >= 4 is 17.4 Å². The lowest BCUT2D eigenvalue weighted by molar-refractivity contribution is -0.167. The van der Waals surface area contributed by atoms with Crippen molar-refractivity contribution in [3.63, 3.8) is 0 Å². The Balaban J connectivity index is 2.33. The number of Topliss-reactive ketones (excluding diaryl/α,β-unsaturated/α-hetero) is 1. The number of carbonyl (C=O) groups excluding carboxylic acids is 2. The number of carbonyl (C=O) groups is 2. The van der Waals surface area contributed by atoms with E-state index in [9.17, 15) is 22.8 Å². The van der Waals surface area contributed by atoms with E-state index >= 15 is 0 Å². The minimum atomic E-state index is -4.93. The van der Waals surface area contributed by atoms with Crippen molar-refractivity contribution < 1.29 is 22.8 Å². The average Bonchev–Trinajstić information content (AvgIpc) is 2.29. The SMILES string of the molecule is O=C1CCCc2c(NC(=O)C(F)(F)F)cccc21. The Labute approximate surface area is 101 Å². The summed E-state index contributed by atoms with van der Waals surface area (Å²) in [6.45, 7) is 0. The fraction of sp³-hybridized carbons (Fsp3) is 0.333. The summed E-state index contributed by atoms with van der Waals surface area (Å²) in [6, 6.07) is 4.41. The maximum Gasteiger partial charge on any atom is 0.471 e. The van der Waals surface area contributed by atoms with E-state index in [0.717, 1.165) is 0 Å². The molecule has 1 aromatic rings. The molecule has 0 heterocycles. The number of ketones is 1. The number of rotatable bonds is 1. The van der Waals surface area contributed by atoms with Crippen molar-refractivity contribution in [1.29, 1.82) is 0 Å². The molecule has 1 aliphatic rings. The molecule has 1 aliphatic carbocycles. The summed E-state index contributed by atoms with van der Waals surface area (Å²) in [6.07, 6.45) is -3.45. The highest BCUT2D eigenvalue weighted by molar-refractivity contribution is 6.02. The van der Waals surface area contributed by atoms with E-state index in [0.29, 0.717) is 30.4 Å². The second kappa shape index (κ2) is 4.44. The second-order valence-corrected chi connectivity index (χ2v) is 4.06. The van der Waals surface area contributed by atoms with Crippen molar-refractivity contribution in [2.45, 2.75) is 25.4 Å². The summed E-state index contributed by atoms with van der Waals surface area (Å²) in [5.41, 5.74) is 0.968. The molecule has 0 aromatic heterocycles. The van der Waals surface area contributed by atoms with Gasteiger partial charge in [-0.2, -0.15) is 13.2 Å². The lowest BCUT2D eigenvalue weighted by atomic mass is 9.89. The van der Waals surface area contributed by atoms with E-state index < -0.39 is 12.1 Å². The Bertz CT molecular complexity index is 509. The van der Waals surface area contributed by atoms with Gasteiger partial charge < -0.3 is 5.32 Å². The van der Waals surface area contributed by atoms with E-state index in [1.165, 1.54) is 12.1 Å². The molecule has 0 bridgehead atoms. The Morgan fingerprint density at radius 1 is 1.22 bits per heavy atom. The van der Waals surface area contributed by atoms with Crippen molar-refractivity contribution in [2.75, 3.05) is 5.32 Å². The topological polar surface area (TPSA) is 46.2 Å². The third-order valence-corrected chi connectivity index (χ3v) is 2.81. The van der Waals surface area contributed by atoms with Crippen molar-refractivity contribution in [3.8, 4) is 0 Å².